The molecule has 5 rings (SSSR count). The highest BCUT2D eigenvalue weighted by Gasteiger charge is 2.80. The zero-order valence-electron chi connectivity index (χ0n) is 18.4. The predicted octanol–water partition coefficient (Wildman–Crippen LogP) is 7.55. The summed E-state index contributed by atoms with van der Waals surface area (Å²) in [6, 6.07) is 8.73. The van der Waals surface area contributed by atoms with Crippen molar-refractivity contribution in [2.75, 3.05) is 0 Å². The van der Waals surface area contributed by atoms with Crippen LogP contribution in [0.25, 0.3) is 31.3 Å². The zero-order valence-corrected chi connectivity index (χ0v) is 20.0. The standard InChI is InChI=1S/C25H18F6O2S2/c1-11-19(15-5-3-13(9-32)7-17(15)34-11)21-22(24(28,29)25(30,31)23(21,26)27)20-12(2)35-18-8-14(10-33)4-6-16(18)20/h3-8,32-33H,9-10H2,1-2H3. The maximum atomic E-state index is 15.4. The number of allylic oxidation sites excluding steroid dienone is 2. The molecule has 2 heterocycles. The van der Waals surface area contributed by atoms with Gasteiger partial charge in [-0.05, 0) is 37.1 Å². The molecular weight excluding hydrogens is 510 g/mol. The Morgan fingerprint density at radius 3 is 1.37 bits per heavy atom. The second kappa shape index (κ2) is 7.80. The second-order valence-electron chi connectivity index (χ2n) is 8.52. The highest BCUT2D eigenvalue weighted by Crippen LogP contribution is 2.67. The van der Waals surface area contributed by atoms with E-state index < -0.39 is 28.9 Å². The first-order valence-electron chi connectivity index (χ1n) is 10.5. The van der Waals surface area contributed by atoms with Crippen LogP contribution in [0.1, 0.15) is 32.0 Å². The molecule has 0 unspecified atom stereocenters. The number of alkyl halides is 6. The molecule has 4 aromatic rings. The minimum atomic E-state index is -5.65. The van der Waals surface area contributed by atoms with Crippen LogP contribution in [0.5, 0.6) is 0 Å². The molecule has 35 heavy (non-hydrogen) atoms. The van der Waals surface area contributed by atoms with Crippen LogP contribution in [0, 0.1) is 13.8 Å². The summed E-state index contributed by atoms with van der Waals surface area (Å²) in [5.41, 5.74) is -2.46. The minimum Gasteiger partial charge on any atom is -0.392 e. The molecule has 0 saturated heterocycles. The molecule has 1 aliphatic rings. The monoisotopic (exact) mass is 528 g/mol. The molecule has 0 bridgehead atoms. The van der Waals surface area contributed by atoms with E-state index in [9.17, 15) is 19.0 Å². The zero-order chi connectivity index (χ0) is 25.5. The van der Waals surface area contributed by atoms with Crippen LogP contribution in [0.3, 0.4) is 0 Å². The van der Waals surface area contributed by atoms with Crippen LogP contribution in [0.2, 0.25) is 0 Å². The summed E-state index contributed by atoms with van der Waals surface area (Å²) < 4.78 is 92.4. The van der Waals surface area contributed by atoms with E-state index in [4.69, 9.17) is 0 Å². The molecule has 2 nitrogen and oxygen atoms in total. The Morgan fingerprint density at radius 2 is 1.03 bits per heavy atom. The molecule has 0 amide bonds. The van der Waals surface area contributed by atoms with Crippen LogP contribution >= 0.6 is 22.7 Å². The number of fused-ring (bicyclic) bond motifs is 2. The van der Waals surface area contributed by atoms with Gasteiger partial charge in [0.15, 0.2) is 0 Å². The van der Waals surface area contributed by atoms with E-state index in [0.29, 0.717) is 20.5 Å². The largest absolute Gasteiger partial charge is 0.392 e. The summed E-state index contributed by atoms with van der Waals surface area (Å²) in [5, 5.41) is 19.1. The number of aliphatic hydroxyl groups excluding tert-OH is 2. The third-order valence-electron chi connectivity index (χ3n) is 6.39. The maximum absolute atomic E-state index is 15.4. The van der Waals surface area contributed by atoms with Crippen LogP contribution in [0.4, 0.5) is 26.3 Å². The average molecular weight is 529 g/mol. The van der Waals surface area contributed by atoms with Gasteiger partial charge in [-0.25, -0.2) is 0 Å². The van der Waals surface area contributed by atoms with Crippen molar-refractivity contribution >= 4 is 54.0 Å². The van der Waals surface area contributed by atoms with E-state index >= 15 is 17.6 Å². The quantitative estimate of drug-likeness (QED) is 0.269. The number of benzene rings is 2. The Kier molecular flexibility index (Phi) is 5.41. The molecule has 0 atom stereocenters. The van der Waals surface area contributed by atoms with Crippen LogP contribution in [-0.2, 0) is 13.2 Å². The molecule has 2 aromatic carbocycles. The lowest BCUT2D eigenvalue weighted by atomic mass is 9.91. The van der Waals surface area contributed by atoms with Crippen molar-refractivity contribution in [1.29, 1.82) is 0 Å². The van der Waals surface area contributed by atoms with Gasteiger partial charge in [-0.3, -0.25) is 0 Å². The summed E-state index contributed by atoms with van der Waals surface area (Å²) in [7, 11) is 0. The van der Waals surface area contributed by atoms with Gasteiger partial charge in [0, 0.05) is 52.2 Å². The van der Waals surface area contributed by atoms with Gasteiger partial charge in [-0.1, -0.05) is 24.3 Å². The number of aliphatic hydroxyl groups is 2. The van der Waals surface area contributed by atoms with Crippen molar-refractivity contribution in [2.45, 2.75) is 44.8 Å². The lowest BCUT2D eigenvalue weighted by Crippen LogP contribution is -2.48. The van der Waals surface area contributed by atoms with Crippen LogP contribution in [0.15, 0.2) is 36.4 Å². The van der Waals surface area contributed by atoms with E-state index in [2.05, 4.69) is 0 Å². The van der Waals surface area contributed by atoms with Gasteiger partial charge in [-0.15, -0.1) is 22.7 Å². The third-order valence-corrected chi connectivity index (χ3v) is 8.53. The van der Waals surface area contributed by atoms with E-state index in [1.165, 1.54) is 50.2 Å². The number of thiophene rings is 2. The normalized spacial score (nSPS) is 18.8. The van der Waals surface area contributed by atoms with E-state index in [1.807, 2.05) is 0 Å². The number of hydrogen-bond donors (Lipinski definition) is 2. The number of hydrogen-bond acceptors (Lipinski definition) is 4. The van der Waals surface area contributed by atoms with E-state index in [1.54, 1.807) is 0 Å². The lowest BCUT2D eigenvalue weighted by molar-refractivity contribution is -0.254. The number of rotatable bonds is 4. The Hall–Kier alpha value is -2.40. The van der Waals surface area contributed by atoms with Gasteiger partial charge >= 0.3 is 17.8 Å². The summed E-state index contributed by atoms with van der Waals surface area (Å²) in [4.78, 5) is 0.381. The Labute approximate surface area is 203 Å². The molecule has 1 aliphatic carbocycles. The fourth-order valence-corrected chi connectivity index (χ4v) is 7.00. The maximum Gasteiger partial charge on any atom is 0.380 e. The fourth-order valence-electron chi connectivity index (χ4n) is 4.73. The Balaban J connectivity index is 1.94. The van der Waals surface area contributed by atoms with Crippen molar-refractivity contribution in [2.24, 2.45) is 0 Å². The van der Waals surface area contributed by atoms with Crippen molar-refractivity contribution < 1.29 is 36.6 Å². The predicted molar refractivity (Wildman–Crippen MR) is 127 cm³/mol. The topological polar surface area (TPSA) is 40.5 Å². The van der Waals surface area contributed by atoms with Crippen molar-refractivity contribution in [3.63, 3.8) is 0 Å². The molecule has 0 spiro atoms. The minimum absolute atomic E-state index is 0.144. The summed E-state index contributed by atoms with van der Waals surface area (Å²) in [6.07, 6.45) is 0. The van der Waals surface area contributed by atoms with Crippen molar-refractivity contribution in [3.05, 3.63) is 68.4 Å². The molecule has 184 valence electrons. The van der Waals surface area contributed by atoms with Crippen LogP contribution in [-0.4, -0.2) is 28.0 Å². The van der Waals surface area contributed by atoms with Crippen molar-refractivity contribution in [3.8, 4) is 0 Å². The first-order chi connectivity index (χ1) is 16.4. The first kappa shape index (κ1) is 24.3. The van der Waals surface area contributed by atoms with Gasteiger partial charge in [-0.2, -0.15) is 26.3 Å². The van der Waals surface area contributed by atoms with Crippen molar-refractivity contribution in [1.82, 2.24) is 0 Å². The second-order valence-corrected chi connectivity index (χ2v) is 11.0. The summed E-state index contributed by atoms with van der Waals surface area (Å²) >= 11 is 2.03. The molecule has 2 aromatic heterocycles. The first-order valence-corrected chi connectivity index (χ1v) is 12.1. The fraction of sp³-hybridized carbons (Fsp3) is 0.280. The van der Waals surface area contributed by atoms with Gasteiger partial charge < -0.3 is 10.2 Å². The Morgan fingerprint density at radius 1 is 0.657 bits per heavy atom. The highest BCUT2D eigenvalue weighted by molar-refractivity contribution is 7.19. The SMILES string of the molecule is Cc1sc2cc(CO)ccc2c1C1=C(c2c(C)sc3cc(CO)ccc23)C(F)(F)C(F)(F)C1(F)F. The van der Waals surface area contributed by atoms with Gasteiger partial charge in [0.1, 0.15) is 0 Å². The number of aryl methyl sites for hydroxylation is 2. The smallest absolute Gasteiger partial charge is 0.380 e. The summed E-state index contributed by atoms with van der Waals surface area (Å²) in [6.45, 7) is 2.22. The number of halogens is 6. The van der Waals surface area contributed by atoms with Gasteiger partial charge in [0.05, 0.1) is 13.2 Å². The molecule has 0 saturated carbocycles. The highest BCUT2D eigenvalue weighted by atomic mass is 32.1. The molecule has 10 heteroatoms. The molecular formula is C25H18F6O2S2. The summed E-state index contributed by atoms with van der Waals surface area (Å²) in [5.74, 6) is -15.9. The molecule has 0 aliphatic heterocycles. The lowest BCUT2D eigenvalue weighted by Gasteiger charge is -2.26. The molecule has 0 fully saturated rings. The molecule has 0 radical (unpaired) electrons. The van der Waals surface area contributed by atoms with E-state index in [0.717, 1.165) is 22.7 Å². The molecule has 2 N–H and O–H groups in total. The third kappa shape index (κ3) is 3.16. The Bertz CT molecular complexity index is 1420. The van der Waals surface area contributed by atoms with Gasteiger partial charge in [0.2, 0.25) is 0 Å². The van der Waals surface area contributed by atoms with Gasteiger partial charge in [0.25, 0.3) is 0 Å². The average Bonchev–Trinajstić information content (AvgIpc) is 3.32. The van der Waals surface area contributed by atoms with Crippen LogP contribution < -0.4 is 0 Å². The van der Waals surface area contributed by atoms with E-state index in [-0.39, 0.29) is 44.9 Å².